The summed E-state index contributed by atoms with van der Waals surface area (Å²) in [6, 6.07) is 9.64. The minimum atomic E-state index is -3.36. The van der Waals surface area contributed by atoms with Gasteiger partial charge in [0.15, 0.2) is 0 Å². The highest BCUT2D eigenvalue weighted by Gasteiger charge is 2.31. The van der Waals surface area contributed by atoms with Crippen molar-refractivity contribution in [2.45, 2.75) is 20.4 Å². The van der Waals surface area contributed by atoms with Crippen molar-refractivity contribution >= 4 is 10.2 Å². The Labute approximate surface area is 154 Å². The Hall–Kier alpha value is -1.81. The van der Waals surface area contributed by atoms with Crippen molar-refractivity contribution in [1.29, 1.82) is 0 Å². The summed E-state index contributed by atoms with van der Waals surface area (Å²) in [5.41, 5.74) is 0.890. The molecule has 0 aliphatic carbocycles. The van der Waals surface area contributed by atoms with E-state index in [2.05, 4.69) is 15.1 Å². The predicted molar refractivity (Wildman–Crippen MR) is 98.4 cm³/mol. The normalized spacial score (nSPS) is 17.0. The van der Waals surface area contributed by atoms with Gasteiger partial charge in [0, 0.05) is 44.8 Å². The fraction of sp³-hybridized carbons (Fsp3) is 0.529. The summed E-state index contributed by atoms with van der Waals surface area (Å²) in [5, 5.41) is 8.21. The SMILES string of the molecule is CCN(CC)S(=O)(=O)N1CCN(Cc2nnc(-c3ccccc3)o2)CC1. The lowest BCUT2D eigenvalue weighted by atomic mass is 10.2. The Bertz CT molecular complexity index is 797. The zero-order valence-corrected chi connectivity index (χ0v) is 16.0. The smallest absolute Gasteiger partial charge is 0.282 e. The van der Waals surface area contributed by atoms with Gasteiger partial charge in [-0.1, -0.05) is 32.0 Å². The van der Waals surface area contributed by atoms with E-state index in [1.165, 1.54) is 4.31 Å². The van der Waals surface area contributed by atoms with E-state index < -0.39 is 10.2 Å². The average Bonchev–Trinajstić information content (AvgIpc) is 3.12. The van der Waals surface area contributed by atoms with Crippen LogP contribution in [-0.2, 0) is 16.8 Å². The molecule has 0 amide bonds. The minimum absolute atomic E-state index is 0.471. The second kappa shape index (κ2) is 8.26. The largest absolute Gasteiger partial charge is 0.419 e. The molecule has 2 aromatic rings. The average molecular weight is 379 g/mol. The van der Waals surface area contributed by atoms with E-state index in [1.807, 2.05) is 44.2 Å². The zero-order chi connectivity index (χ0) is 18.6. The molecule has 9 heteroatoms. The van der Waals surface area contributed by atoms with Gasteiger partial charge in [-0.3, -0.25) is 4.90 Å². The van der Waals surface area contributed by atoms with Crippen molar-refractivity contribution in [3.63, 3.8) is 0 Å². The molecule has 0 bridgehead atoms. The number of piperazine rings is 1. The van der Waals surface area contributed by atoms with E-state index in [4.69, 9.17) is 4.42 Å². The third-order valence-corrected chi connectivity index (χ3v) is 6.72. The first-order valence-corrected chi connectivity index (χ1v) is 10.3. The Kier molecular flexibility index (Phi) is 6.02. The number of rotatable bonds is 7. The van der Waals surface area contributed by atoms with Crippen LogP contribution in [0.2, 0.25) is 0 Å². The summed E-state index contributed by atoms with van der Waals surface area (Å²) in [5.74, 6) is 1.05. The Morgan fingerprint density at radius 3 is 2.31 bits per heavy atom. The van der Waals surface area contributed by atoms with Crippen molar-refractivity contribution in [2.75, 3.05) is 39.3 Å². The second-order valence-electron chi connectivity index (χ2n) is 6.13. The molecule has 142 valence electrons. The van der Waals surface area contributed by atoms with Crippen molar-refractivity contribution < 1.29 is 12.8 Å². The van der Waals surface area contributed by atoms with Gasteiger partial charge < -0.3 is 4.42 Å². The molecule has 1 fully saturated rings. The molecule has 0 unspecified atom stereocenters. The first-order chi connectivity index (χ1) is 12.5. The molecule has 3 rings (SSSR count). The predicted octanol–water partition coefficient (Wildman–Crippen LogP) is 1.44. The number of hydrogen-bond donors (Lipinski definition) is 0. The molecular weight excluding hydrogens is 354 g/mol. The van der Waals surface area contributed by atoms with E-state index >= 15 is 0 Å². The molecule has 2 heterocycles. The Balaban J connectivity index is 1.57. The van der Waals surface area contributed by atoms with Crippen LogP contribution in [0.1, 0.15) is 19.7 Å². The third-order valence-electron chi connectivity index (χ3n) is 4.54. The Morgan fingerprint density at radius 1 is 1.04 bits per heavy atom. The lowest BCUT2D eigenvalue weighted by Gasteiger charge is -2.35. The van der Waals surface area contributed by atoms with Gasteiger partial charge in [-0.2, -0.15) is 17.0 Å². The van der Waals surface area contributed by atoms with Crippen LogP contribution in [0.5, 0.6) is 0 Å². The van der Waals surface area contributed by atoms with Crippen LogP contribution in [0.15, 0.2) is 34.7 Å². The van der Waals surface area contributed by atoms with Gasteiger partial charge in [0.05, 0.1) is 6.54 Å². The first-order valence-electron chi connectivity index (χ1n) is 8.90. The van der Waals surface area contributed by atoms with Gasteiger partial charge in [0.25, 0.3) is 10.2 Å². The number of hydrogen-bond acceptors (Lipinski definition) is 6. The maximum Gasteiger partial charge on any atom is 0.282 e. The molecule has 0 N–H and O–H groups in total. The van der Waals surface area contributed by atoms with E-state index in [1.54, 1.807) is 4.31 Å². The van der Waals surface area contributed by atoms with E-state index in [0.717, 1.165) is 5.56 Å². The van der Waals surface area contributed by atoms with Gasteiger partial charge in [0.2, 0.25) is 11.8 Å². The quantitative estimate of drug-likeness (QED) is 0.724. The van der Waals surface area contributed by atoms with Gasteiger partial charge >= 0.3 is 0 Å². The summed E-state index contributed by atoms with van der Waals surface area (Å²) >= 11 is 0. The maximum atomic E-state index is 12.6. The zero-order valence-electron chi connectivity index (χ0n) is 15.2. The molecule has 1 aromatic carbocycles. The standard InChI is InChI=1S/C17H25N5O3S/c1-3-21(4-2)26(23,24)22-12-10-20(11-13-22)14-16-18-19-17(25-16)15-8-6-5-7-9-15/h5-9H,3-4,10-14H2,1-2H3. The van der Waals surface area contributed by atoms with Gasteiger partial charge in [-0.05, 0) is 12.1 Å². The summed E-state index contributed by atoms with van der Waals surface area (Å²) in [4.78, 5) is 2.14. The lowest BCUT2D eigenvalue weighted by molar-refractivity contribution is 0.163. The van der Waals surface area contributed by atoms with Crippen LogP contribution in [0.3, 0.4) is 0 Å². The monoisotopic (exact) mass is 379 g/mol. The van der Waals surface area contributed by atoms with Crippen LogP contribution in [0.4, 0.5) is 0 Å². The molecule has 26 heavy (non-hydrogen) atoms. The van der Waals surface area contributed by atoms with E-state index in [-0.39, 0.29) is 0 Å². The van der Waals surface area contributed by atoms with Crippen LogP contribution in [0.25, 0.3) is 11.5 Å². The van der Waals surface area contributed by atoms with Crippen LogP contribution < -0.4 is 0 Å². The summed E-state index contributed by atoms with van der Waals surface area (Å²) < 4.78 is 33.9. The molecular formula is C17H25N5O3S. The lowest BCUT2D eigenvalue weighted by Crippen LogP contribution is -2.52. The topological polar surface area (TPSA) is 82.8 Å². The number of benzene rings is 1. The Morgan fingerprint density at radius 2 is 1.69 bits per heavy atom. The van der Waals surface area contributed by atoms with E-state index in [0.29, 0.717) is 57.6 Å². The highest BCUT2D eigenvalue weighted by Crippen LogP contribution is 2.18. The van der Waals surface area contributed by atoms with Crippen molar-refractivity contribution in [2.24, 2.45) is 0 Å². The summed E-state index contributed by atoms with van der Waals surface area (Å²) in [7, 11) is -3.36. The molecule has 8 nitrogen and oxygen atoms in total. The van der Waals surface area contributed by atoms with Gasteiger partial charge in [0.1, 0.15) is 0 Å². The number of nitrogens with zero attached hydrogens (tertiary/aromatic N) is 5. The molecule has 1 aliphatic heterocycles. The molecule has 1 aliphatic rings. The molecule has 0 spiro atoms. The second-order valence-corrected chi connectivity index (χ2v) is 8.06. The third kappa shape index (κ3) is 4.12. The number of aromatic nitrogens is 2. The fourth-order valence-electron chi connectivity index (χ4n) is 3.04. The van der Waals surface area contributed by atoms with Crippen molar-refractivity contribution in [3.8, 4) is 11.5 Å². The summed E-state index contributed by atoms with van der Waals surface area (Å²) in [6.45, 7) is 7.45. The molecule has 0 saturated carbocycles. The first kappa shape index (κ1) is 19.0. The maximum absolute atomic E-state index is 12.6. The molecule has 0 atom stereocenters. The van der Waals surface area contributed by atoms with Gasteiger partial charge in [-0.15, -0.1) is 10.2 Å². The fourth-order valence-corrected chi connectivity index (χ4v) is 4.64. The van der Waals surface area contributed by atoms with Crippen molar-refractivity contribution in [1.82, 2.24) is 23.7 Å². The van der Waals surface area contributed by atoms with Crippen LogP contribution in [0, 0.1) is 0 Å². The molecule has 1 aromatic heterocycles. The van der Waals surface area contributed by atoms with Crippen molar-refractivity contribution in [3.05, 3.63) is 36.2 Å². The molecule has 0 radical (unpaired) electrons. The highest BCUT2D eigenvalue weighted by atomic mass is 32.2. The van der Waals surface area contributed by atoms with Crippen LogP contribution in [-0.4, -0.2) is 71.4 Å². The van der Waals surface area contributed by atoms with E-state index in [9.17, 15) is 8.42 Å². The highest BCUT2D eigenvalue weighted by molar-refractivity contribution is 7.86. The van der Waals surface area contributed by atoms with Gasteiger partial charge in [-0.25, -0.2) is 0 Å². The molecule has 1 saturated heterocycles. The van der Waals surface area contributed by atoms with Crippen LogP contribution >= 0.6 is 0 Å². The minimum Gasteiger partial charge on any atom is -0.419 e. The summed E-state index contributed by atoms with van der Waals surface area (Å²) in [6.07, 6.45) is 0.